The van der Waals surface area contributed by atoms with Gasteiger partial charge < -0.3 is 10.1 Å². The summed E-state index contributed by atoms with van der Waals surface area (Å²) >= 11 is 0. The average molecular weight is 357 g/mol. The van der Waals surface area contributed by atoms with E-state index in [1.165, 1.54) is 11.1 Å². The molecule has 3 aromatic rings. The lowest BCUT2D eigenvalue weighted by Gasteiger charge is -2.25. The van der Waals surface area contributed by atoms with Crippen molar-refractivity contribution in [3.63, 3.8) is 0 Å². The number of para-hydroxylation sites is 1. The van der Waals surface area contributed by atoms with Gasteiger partial charge >= 0.3 is 0 Å². The summed E-state index contributed by atoms with van der Waals surface area (Å²) in [5.74, 6) is -0.0165. The van der Waals surface area contributed by atoms with E-state index in [2.05, 4.69) is 35.6 Å². The number of ether oxygens (including phenoxy) is 1. The molecule has 0 unspecified atom stereocenters. The normalized spacial score (nSPS) is 15.8. The molecule has 1 heterocycles. The fourth-order valence-corrected chi connectivity index (χ4v) is 3.63. The van der Waals surface area contributed by atoms with Gasteiger partial charge in [-0.3, -0.25) is 4.79 Å². The number of benzene rings is 3. The Hall–Kier alpha value is -2.91. The van der Waals surface area contributed by atoms with Crippen molar-refractivity contribution in [3.8, 4) is 0 Å². The predicted molar refractivity (Wildman–Crippen MR) is 108 cm³/mol. The second-order valence-electron chi connectivity index (χ2n) is 6.88. The maximum Gasteiger partial charge on any atom is 0.227 e. The zero-order valence-electron chi connectivity index (χ0n) is 15.2. The van der Waals surface area contributed by atoms with Gasteiger partial charge in [0, 0.05) is 5.69 Å². The lowest BCUT2D eigenvalue weighted by molar-refractivity contribution is -0.119. The maximum atomic E-state index is 12.7. The number of carbonyl (C=O) groups is 1. The van der Waals surface area contributed by atoms with Crippen LogP contribution < -0.4 is 5.32 Å². The predicted octanol–water partition coefficient (Wildman–Crippen LogP) is 4.92. The van der Waals surface area contributed by atoms with Gasteiger partial charge in [0.05, 0.1) is 19.1 Å². The van der Waals surface area contributed by atoms with E-state index in [9.17, 15) is 4.79 Å². The molecule has 0 spiro atoms. The minimum Gasteiger partial charge on any atom is -0.373 e. The smallest absolute Gasteiger partial charge is 0.227 e. The Morgan fingerprint density at radius 1 is 0.926 bits per heavy atom. The van der Waals surface area contributed by atoms with Crippen molar-refractivity contribution < 1.29 is 9.53 Å². The van der Waals surface area contributed by atoms with Crippen LogP contribution in [-0.4, -0.2) is 12.5 Å². The molecular weight excluding hydrogens is 334 g/mol. The zero-order chi connectivity index (χ0) is 18.5. The SMILES string of the molecule is O=C(C[C@H]1OCCc2ccccc21)Nc1ccccc1Cc1ccccc1. The first kappa shape index (κ1) is 17.5. The minimum atomic E-state index is -0.170. The third-order valence-electron chi connectivity index (χ3n) is 4.99. The van der Waals surface area contributed by atoms with E-state index in [0.29, 0.717) is 13.0 Å². The van der Waals surface area contributed by atoms with E-state index in [-0.39, 0.29) is 12.0 Å². The molecule has 3 nitrogen and oxygen atoms in total. The summed E-state index contributed by atoms with van der Waals surface area (Å²) in [5.41, 5.74) is 5.63. The van der Waals surface area contributed by atoms with Crippen LogP contribution in [0.3, 0.4) is 0 Å². The van der Waals surface area contributed by atoms with Crippen LogP contribution in [0.15, 0.2) is 78.9 Å². The first-order chi connectivity index (χ1) is 13.3. The number of carbonyl (C=O) groups excluding carboxylic acids is 1. The van der Waals surface area contributed by atoms with E-state index in [1.54, 1.807) is 0 Å². The molecule has 0 aliphatic carbocycles. The molecule has 0 radical (unpaired) electrons. The molecular formula is C24H23NO2. The Morgan fingerprint density at radius 3 is 2.56 bits per heavy atom. The van der Waals surface area contributed by atoms with Crippen LogP contribution in [0.4, 0.5) is 5.69 Å². The number of rotatable bonds is 5. The molecule has 1 N–H and O–H groups in total. The quantitative estimate of drug-likeness (QED) is 0.704. The Balaban J connectivity index is 1.46. The molecule has 0 bridgehead atoms. The van der Waals surface area contributed by atoms with Gasteiger partial charge in [0.25, 0.3) is 0 Å². The van der Waals surface area contributed by atoms with Crippen molar-refractivity contribution in [1.29, 1.82) is 0 Å². The monoisotopic (exact) mass is 357 g/mol. The summed E-state index contributed by atoms with van der Waals surface area (Å²) in [5, 5.41) is 3.09. The highest BCUT2D eigenvalue weighted by Crippen LogP contribution is 2.30. The van der Waals surface area contributed by atoms with E-state index >= 15 is 0 Å². The Kier molecular flexibility index (Phi) is 5.31. The molecule has 0 fully saturated rings. The van der Waals surface area contributed by atoms with Crippen LogP contribution in [0.1, 0.15) is 34.8 Å². The lowest BCUT2D eigenvalue weighted by Crippen LogP contribution is -2.22. The highest BCUT2D eigenvalue weighted by molar-refractivity contribution is 5.92. The van der Waals surface area contributed by atoms with E-state index < -0.39 is 0 Å². The molecule has 1 amide bonds. The summed E-state index contributed by atoms with van der Waals surface area (Å²) in [6, 6.07) is 26.5. The fraction of sp³-hybridized carbons (Fsp3) is 0.208. The van der Waals surface area contributed by atoms with Crippen LogP contribution in [0.25, 0.3) is 0 Å². The molecule has 1 aliphatic heterocycles. The molecule has 3 aromatic carbocycles. The van der Waals surface area contributed by atoms with Crippen molar-refractivity contribution >= 4 is 11.6 Å². The van der Waals surface area contributed by atoms with Crippen LogP contribution in [0.2, 0.25) is 0 Å². The highest BCUT2D eigenvalue weighted by atomic mass is 16.5. The van der Waals surface area contributed by atoms with Gasteiger partial charge in [-0.15, -0.1) is 0 Å². The summed E-state index contributed by atoms with van der Waals surface area (Å²) < 4.78 is 5.88. The lowest BCUT2D eigenvalue weighted by atomic mass is 9.95. The highest BCUT2D eigenvalue weighted by Gasteiger charge is 2.23. The van der Waals surface area contributed by atoms with Gasteiger partial charge in [-0.25, -0.2) is 0 Å². The van der Waals surface area contributed by atoms with Crippen LogP contribution in [-0.2, 0) is 22.4 Å². The number of nitrogens with one attached hydrogen (secondary N) is 1. The van der Waals surface area contributed by atoms with Crippen LogP contribution >= 0.6 is 0 Å². The van der Waals surface area contributed by atoms with E-state index in [1.807, 2.05) is 48.5 Å². The number of anilines is 1. The van der Waals surface area contributed by atoms with E-state index in [0.717, 1.165) is 29.7 Å². The molecule has 0 saturated heterocycles. The standard InChI is InChI=1S/C24H23NO2/c26-24(17-23-21-12-6-4-10-19(21)14-15-27-23)25-22-13-7-5-11-20(22)16-18-8-2-1-3-9-18/h1-13,23H,14-17H2,(H,25,26)/t23-/m1/s1. The summed E-state index contributed by atoms with van der Waals surface area (Å²) in [4.78, 5) is 12.7. The van der Waals surface area contributed by atoms with Crippen LogP contribution in [0, 0.1) is 0 Å². The maximum absolute atomic E-state index is 12.7. The van der Waals surface area contributed by atoms with Gasteiger partial charge in [-0.1, -0.05) is 72.8 Å². The molecule has 1 aliphatic rings. The molecule has 0 saturated carbocycles. The van der Waals surface area contributed by atoms with Gasteiger partial charge in [0.1, 0.15) is 0 Å². The van der Waals surface area contributed by atoms with Crippen molar-refractivity contribution in [1.82, 2.24) is 0 Å². The Morgan fingerprint density at radius 2 is 1.67 bits per heavy atom. The third kappa shape index (κ3) is 4.26. The van der Waals surface area contributed by atoms with Crippen molar-refractivity contribution in [2.75, 3.05) is 11.9 Å². The molecule has 4 rings (SSSR count). The Labute approximate surface area is 160 Å². The van der Waals surface area contributed by atoms with Crippen molar-refractivity contribution in [2.45, 2.75) is 25.4 Å². The van der Waals surface area contributed by atoms with Gasteiger partial charge in [-0.05, 0) is 41.2 Å². The first-order valence-corrected chi connectivity index (χ1v) is 9.41. The molecule has 136 valence electrons. The van der Waals surface area contributed by atoms with Crippen molar-refractivity contribution in [3.05, 3.63) is 101 Å². The van der Waals surface area contributed by atoms with Crippen LogP contribution in [0.5, 0.6) is 0 Å². The molecule has 27 heavy (non-hydrogen) atoms. The Bertz CT molecular complexity index is 920. The zero-order valence-corrected chi connectivity index (χ0v) is 15.2. The topological polar surface area (TPSA) is 38.3 Å². The number of hydrogen-bond acceptors (Lipinski definition) is 2. The van der Waals surface area contributed by atoms with Gasteiger partial charge in [0.15, 0.2) is 0 Å². The third-order valence-corrected chi connectivity index (χ3v) is 4.99. The van der Waals surface area contributed by atoms with Gasteiger partial charge in [0.2, 0.25) is 5.91 Å². The first-order valence-electron chi connectivity index (χ1n) is 9.41. The summed E-state index contributed by atoms with van der Waals surface area (Å²) in [7, 11) is 0. The summed E-state index contributed by atoms with van der Waals surface area (Å²) in [6.45, 7) is 0.666. The number of fused-ring (bicyclic) bond motifs is 1. The fourth-order valence-electron chi connectivity index (χ4n) is 3.63. The number of hydrogen-bond donors (Lipinski definition) is 1. The second-order valence-corrected chi connectivity index (χ2v) is 6.88. The van der Waals surface area contributed by atoms with E-state index in [4.69, 9.17) is 4.74 Å². The largest absolute Gasteiger partial charge is 0.373 e. The molecule has 3 heteroatoms. The minimum absolute atomic E-state index is 0.0165. The van der Waals surface area contributed by atoms with Crippen molar-refractivity contribution in [2.24, 2.45) is 0 Å². The molecule has 0 aromatic heterocycles. The second kappa shape index (κ2) is 8.19. The van der Waals surface area contributed by atoms with Gasteiger partial charge in [-0.2, -0.15) is 0 Å². The molecule has 1 atom stereocenters. The average Bonchev–Trinajstić information content (AvgIpc) is 2.71. The number of amides is 1. The summed E-state index contributed by atoms with van der Waals surface area (Å²) in [6.07, 6.45) is 1.86.